The molecule has 0 aromatic heterocycles. The number of likely N-dealkylation sites (N-methyl/N-ethyl adjacent to an activating group) is 1. The summed E-state index contributed by atoms with van der Waals surface area (Å²) in [6, 6.07) is -0.893. The van der Waals surface area contributed by atoms with Crippen molar-refractivity contribution in [1.29, 1.82) is 0 Å². The highest BCUT2D eigenvalue weighted by Gasteiger charge is 2.23. The van der Waals surface area contributed by atoms with Gasteiger partial charge in [-0.25, -0.2) is 0 Å². The third-order valence-electron chi connectivity index (χ3n) is 11.8. The van der Waals surface area contributed by atoms with Crippen LogP contribution in [0.2, 0.25) is 0 Å². The number of hydrogen-bond acceptors (Lipinski definition) is 6. The summed E-state index contributed by atoms with van der Waals surface area (Å²) in [5, 5.41) is 13.8. The van der Waals surface area contributed by atoms with Crippen molar-refractivity contribution in [2.24, 2.45) is 0 Å². The molecule has 0 saturated carbocycles. The van der Waals surface area contributed by atoms with Crippen molar-refractivity contribution < 1.29 is 32.9 Å². The minimum Gasteiger partial charge on any atom is -0.756 e. The lowest BCUT2D eigenvalue weighted by Crippen LogP contribution is -2.45. The highest BCUT2D eigenvalue weighted by atomic mass is 31.2. The molecule has 0 bridgehead atoms. The molecular weight excluding hydrogens is 792 g/mol. The second-order valence-electron chi connectivity index (χ2n) is 19.2. The zero-order chi connectivity index (χ0) is 45.7. The number of quaternary nitrogens is 1. The Morgan fingerprint density at radius 2 is 0.935 bits per heavy atom. The SMILES string of the molecule is CCCCCC/C=C\C/C=C\CCCCCCCC(=O)NC(COP(=O)([O-])OCC[N+](C)(C)C)C(O)/C=C/CCCCCCCCCCCCCCCCCCCCCCCC. The quantitative estimate of drug-likeness (QED) is 0.0273. The number of carbonyl (C=O) groups excluding carboxylic acids is 1. The number of allylic oxidation sites excluding steroid dienone is 5. The molecule has 3 atom stereocenters. The molecule has 9 heteroatoms. The Morgan fingerprint density at radius 1 is 0.565 bits per heavy atom. The molecule has 0 aromatic carbocycles. The molecule has 8 nitrogen and oxygen atoms in total. The molecule has 0 spiro atoms. The third-order valence-corrected chi connectivity index (χ3v) is 12.8. The molecule has 0 heterocycles. The molecule has 0 rings (SSSR count). The summed E-state index contributed by atoms with van der Waals surface area (Å²) in [6.45, 7) is 4.64. The van der Waals surface area contributed by atoms with E-state index in [9.17, 15) is 19.4 Å². The van der Waals surface area contributed by atoms with Crippen LogP contribution in [0.5, 0.6) is 0 Å². The van der Waals surface area contributed by atoms with Crippen molar-refractivity contribution in [1.82, 2.24) is 5.32 Å². The number of amides is 1. The third kappa shape index (κ3) is 46.7. The van der Waals surface area contributed by atoms with Gasteiger partial charge >= 0.3 is 0 Å². The van der Waals surface area contributed by atoms with Crippen molar-refractivity contribution in [3.63, 3.8) is 0 Å². The van der Waals surface area contributed by atoms with E-state index >= 15 is 0 Å². The molecule has 0 aliphatic rings. The second kappa shape index (κ2) is 44.9. The van der Waals surface area contributed by atoms with Gasteiger partial charge in [0.25, 0.3) is 7.82 Å². The van der Waals surface area contributed by atoms with Gasteiger partial charge in [0.2, 0.25) is 5.91 Å². The minimum atomic E-state index is -4.60. The molecule has 1 amide bonds. The number of rotatable bonds is 48. The monoisotopic (exact) mass is 895 g/mol. The van der Waals surface area contributed by atoms with Gasteiger partial charge in [-0.15, -0.1) is 0 Å². The topological polar surface area (TPSA) is 108 Å². The number of aliphatic hydroxyl groups is 1. The van der Waals surface area contributed by atoms with E-state index < -0.39 is 20.0 Å². The standard InChI is InChI=1S/C53H103N2O6P/c1-6-8-10-12-14-16-18-20-22-24-25-26-27-28-29-30-31-32-34-36-38-40-42-44-46-52(56)51(50-61-62(58,59)60-49-48-55(3,4)5)54-53(57)47-45-43-41-39-37-35-33-23-21-19-17-15-13-11-9-7-2/h17,19,23,33,44,46,51-52,56H,6-16,18,20-22,24-32,34-43,45,47-50H2,1-5H3,(H-,54,57,58,59)/b19-17-,33-23-,46-44+. The molecule has 62 heavy (non-hydrogen) atoms. The Balaban J connectivity index is 4.27. The molecule has 2 N–H and O–H groups in total. The van der Waals surface area contributed by atoms with Crippen LogP contribution in [0.4, 0.5) is 0 Å². The first-order valence-corrected chi connectivity index (χ1v) is 27.8. The van der Waals surface area contributed by atoms with Crippen molar-refractivity contribution in [2.75, 3.05) is 40.9 Å². The molecule has 0 aromatic rings. The van der Waals surface area contributed by atoms with Crippen LogP contribution in [-0.2, 0) is 18.4 Å². The van der Waals surface area contributed by atoms with Crippen molar-refractivity contribution in [3.8, 4) is 0 Å². The summed E-state index contributed by atoms with van der Waals surface area (Å²) in [5.74, 6) is -0.210. The van der Waals surface area contributed by atoms with Gasteiger partial charge in [0.15, 0.2) is 0 Å². The van der Waals surface area contributed by atoms with E-state index in [1.165, 1.54) is 161 Å². The smallest absolute Gasteiger partial charge is 0.268 e. The fourth-order valence-electron chi connectivity index (χ4n) is 7.65. The number of phosphoric acid groups is 1. The van der Waals surface area contributed by atoms with Crippen LogP contribution < -0.4 is 10.2 Å². The number of carbonyl (C=O) groups is 1. The normalized spacial score (nSPS) is 14.4. The number of nitrogens with one attached hydrogen (secondary N) is 1. The average molecular weight is 895 g/mol. The molecule has 0 radical (unpaired) electrons. The van der Waals surface area contributed by atoms with Gasteiger partial charge in [0.05, 0.1) is 39.9 Å². The number of nitrogens with zero attached hydrogens (tertiary/aromatic N) is 1. The van der Waals surface area contributed by atoms with E-state index in [0.29, 0.717) is 17.4 Å². The summed E-state index contributed by atoms with van der Waals surface area (Å²) in [7, 11) is 1.25. The Kier molecular flexibility index (Phi) is 44.0. The lowest BCUT2D eigenvalue weighted by Gasteiger charge is -2.29. The van der Waals surface area contributed by atoms with E-state index in [1.807, 2.05) is 27.2 Å². The van der Waals surface area contributed by atoms with Gasteiger partial charge in [-0.05, 0) is 51.4 Å². The fourth-order valence-corrected chi connectivity index (χ4v) is 8.38. The van der Waals surface area contributed by atoms with Crippen LogP contribution in [0.1, 0.15) is 245 Å². The molecule has 0 aliphatic carbocycles. The Bertz CT molecular complexity index is 1110. The minimum absolute atomic E-state index is 0.00379. The number of unbranched alkanes of at least 4 members (excludes halogenated alkanes) is 31. The molecule has 0 aliphatic heterocycles. The second-order valence-corrected chi connectivity index (χ2v) is 20.6. The Labute approximate surface area is 385 Å². The van der Waals surface area contributed by atoms with E-state index in [2.05, 4.69) is 43.5 Å². The Hall–Kier alpha value is -1.28. The van der Waals surface area contributed by atoms with Gasteiger partial charge in [-0.2, -0.15) is 0 Å². The summed E-state index contributed by atoms with van der Waals surface area (Å²) < 4.78 is 23.3. The maximum Gasteiger partial charge on any atom is 0.268 e. The van der Waals surface area contributed by atoms with Crippen molar-refractivity contribution >= 4 is 13.7 Å². The van der Waals surface area contributed by atoms with E-state index in [-0.39, 0.29) is 19.1 Å². The van der Waals surface area contributed by atoms with E-state index in [0.717, 1.165) is 64.2 Å². The van der Waals surface area contributed by atoms with Crippen LogP contribution in [0, 0.1) is 0 Å². The molecule has 0 fully saturated rings. The van der Waals surface area contributed by atoms with Crippen molar-refractivity contribution in [2.45, 2.75) is 257 Å². The van der Waals surface area contributed by atoms with Gasteiger partial charge in [-0.3, -0.25) is 9.36 Å². The van der Waals surface area contributed by atoms with Gasteiger partial charge < -0.3 is 28.8 Å². The predicted octanol–water partition coefficient (Wildman–Crippen LogP) is 14.8. The largest absolute Gasteiger partial charge is 0.756 e. The van der Waals surface area contributed by atoms with Gasteiger partial charge in [0.1, 0.15) is 13.2 Å². The molecule has 3 unspecified atom stereocenters. The predicted molar refractivity (Wildman–Crippen MR) is 265 cm³/mol. The molecule has 366 valence electrons. The zero-order valence-corrected chi connectivity index (χ0v) is 42.5. The lowest BCUT2D eigenvalue weighted by atomic mass is 10.0. The Morgan fingerprint density at radius 3 is 1.35 bits per heavy atom. The van der Waals surface area contributed by atoms with Crippen LogP contribution in [-0.4, -0.2) is 68.5 Å². The van der Waals surface area contributed by atoms with Crippen LogP contribution in [0.25, 0.3) is 0 Å². The van der Waals surface area contributed by atoms with Crippen LogP contribution in [0.3, 0.4) is 0 Å². The number of phosphoric ester groups is 1. The average Bonchev–Trinajstić information content (AvgIpc) is 3.23. The van der Waals surface area contributed by atoms with Gasteiger partial charge in [-0.1, -0.05) is 224 Å². The highest BCUT2D eigenvalue weighted by molar-refractivity contribution is 7.45. The lowest BCUT2D eigenvalue weighted by molar-refractivity contribution is -0.870. The maximum absolute atomic E-state index is 12.9. The first-order valence-electron chi connectivity index (χ1n) is 26.4. The number of aliphatic hydroxyl groups excluding tert-OH is 1. The van der Waals surface area contributed by atoms with Crippen molar-refractivity contribution in [3.05, 3.63) is 36.5 Å². The summed E-state index contributed by atoms with van der Waals surface area (Å²) in [6.07, 6.45) is 56.3. The first-order chi connectivity index (χ1) is 30.0. The van der Waals surface area contributed by atoms with E-state index in [1.54, 1.807) is 6.08 Å². The highest BCUT2D eigenvalue weighted by Crippen LogP contribution is 2.38. The maximum atomic E-state index is 12.9. The van der Waals surface area contributed by atoms with Gasteiger partial charge in [0, 0.05) is 6.42 Å². The summed E-state index contributed by atoms with van der Waals surface area (Å²) in [4.78, 5) is 25.4. The van der Waals surface area contributed by atoms with E-state index in [4.69, 9.17) is 9.05 Å². The molecule has 0 saturated heterocycles. The first kappa shape index (κ1) is 60.7. The summed E-state index contributed by atoms with van der Waals surface area (Å²) >= 11 is 0. The molecular formula is C53H103N2O6P. The summed E-state index contributed by atoms with van der Waals surface area (Å²) in [5.41, 5.74) is 0. The van der Waals surface area contributed by atoms with Crippen LogP contribution in [0.15, 0.2) is 36.5 Å². The fraction of sp³-hybridized carbons (Fsp3) is 0.868. The van der Waals surface area contributed by atoms with Crippen LogP contribution >= 0.6 is 7.82 Å². The number of hydrogen-bond donors (Lipinski definition) is 2. The zero-order valence-electron chi connectivity index (χ0n) is 41.6.